The zero-order valence-corrected chi connectivity index (χ0v) is 14.3. The summed E-state index contributed by atoms with van der Waals surface area (Å²) >= 11 is 0. The van der Waals surface area contributed by atoms with Gasteiger partial charge < -0.3 is 9.15 Å². The van der Waals surface area contributed by atoms with Crippen molar-refractivity contribution in [1.29, 1.82) is 0 Å². The van der Waals surface area contributed by atoms with Crippen LogP contribution in [0.4, 0.5) is 0 Å². The van der Waals surface area contributed by atoms with Gasteiger partial charge in [-0.1, -0.05) is 48.5 Å². The van der Waals surface area contributed by atoms with Crippen LogP contribution in [0.3, 0.4) is 0 Å². The minimum Gasteiger partial charge on any atom is -0.494 e. The monoisotopic (exact) mass is 341 g/mol. The number of hydrogen-bond acceptors (Lipinski definition) is 4. The highest BCUT2D eigenvalue weighted by atomic mass is 32.2. The third-order valence-electron chi connectivity index (χ3n) is 3.49. The second kappa shape index (κ2) is 7.93. The quantitative estimate of drug-likeness (QED) is 0.646. The zero-order chi connectivity index (χ0) is 16.8. The standard InChI is InChI=1S/C19H19NO3S/c1-2-22-17-11-7-6-10-16(17)13-24(21)14-19-20-12-18(23-19)15-8-4-3-5-9-15/h3-12H,2,13-14H2,1H3. The van der Waals surface area contributed by atoms with E-state index < -0.39 is 10.8 Å². The average molecular weight is 341 g/mol. The molecular weight excluding hydrogens is 322 g/mol. The Hall–Kier alpha value is -2.40. The maximum absolute atomic E-state index is 12.4. The number of para-hydroxylation sites is 1. The van der Waals surface area contributed by atoms with Gasteiger partial charge in [0, 0.05) is 21.9 Å². The van der Waals surface area contributed by atoms with Crippen molar-refractivity contribution in [2.24, 2.45) is 0 Å². The molecule has 0 spiro atoms. The molecular formula is C19H19NO3S. The van der Waals surface area contributed by atoms with E-state index in [2.05, 4.69) is 4.98 Å². The molecule has 3 aromatic rings. The summed E-state index contributed by atoms with van der Waals surface area (Å²) in [5, 5.41) is 0. The summed E-state index contributed by atoms with van der Waals surface area (Å²) in [5.41, 5.74) is 1.90. The van der Waals surface area contributed by atoms with Crippen LogP contribution in [0.2, 0.25) is 0 Å². The molecule has 0 amide bonds. The van der Waals surface area contributed by atoms with Crippen molar-refractivity contribution in [3.05, 3.63) is 72.2 Å². The molecule has 1 atom stereocenters. The first kappa shape index (κ1) is 16.5. The van der Waals surface area contributed by atoms with Crippen molar-refractivity contribution >= 4 is 10.8 Å². The lowest BCUT2D eigenvalue weighted by Gasteiger charge is -2.09. The van der Waals surface area contributed by atoms with Crippen molar-refractivity contribution in [3.63, 3.8) is 0 Å². The van der Waals surface area contributed by atoms with Crippen LogP contribution < -0.4 is 4.74 Å². The summed E-state index contributed by atoms with van der Waals surface area (Å²) in [6.07, 6.45) is 1.68. The highest BCUT2D eigenvalue weighted by molar-refractivity contribution is 7.83. The van der Waals surface area contributed by atoms with E-state index in [-0.39, 0.29) is 5.75 Å². The van der Waals surface area contributed by atoms with Gasteiger partial charge in [-0.2, -0.15) is 0 Å². The highest BCUT2D eigenvalue weighted by Gasteiger charge is 2.12. The molecule has 0 saturated carbocycles. The average Bonchev–Trinajstić information content (AvgIpc) is 3.06. The zero-order valence-electron chi connectivity index (χ0n) is 13.5. The van der Waals surface area contributed by atoms with E-state index in [4.69, 9.17) is 9.15 Å². The normalized spacial score (nSPS) is 12.0. The highest BCUT2D eigenvalue weighted by Crippen LogP contribution is 2.23. The van der Waals surface area contributed by atoms with Crippen LogP contribution in [0, 0.1) is 0 Å². The van der Waals surface area contributed by atoms with Crippen molar-refractivity contribution in [3.8, 4) is 17.1 Å². The first-order valence-corrected chi connectivity index (χ1v) is 9.31. The summed E-state index contributed by atoms with van der Waals surface area (Å²) in [6, 6.07) is 17.4. The Morgan fingerprint density at radius 1 is 1.04 bits per heavy atom. The summed E-state index contributed by atoms with van der Waals surface area (Å²) in [7, 11) is -1.12. The molecule has 0 aliphatic carbocycles. The number of benzene rings is 2. The molecule has 0 fully saturated rings. The Labute approximate surface area is 144 Å². The molecule has 0 saturated heterocycles. The van der Waals surface area contributed by atoms with E-state index in [1.54, 1.807) is 6.20 Å². The number of oxazole rings is 1. The third-order valence-corrected chi connectivity index (χ3v) is 4.69. The van der Waals surface area contributed by atoms with E-state index in [1.165, 1.54) is 0 Å². The minimum absolute atomic E-state index is 0.285. The fourth-order valence-corrected chi connectivity index (χ4v) is 3.49. The van der Waals surface area contributed by atoms with Crippen molar-refractivity contribution in [1.82, 2.24) is 4.98 Å². The van der Waals surface area contributed by atoms with Gasteiger partial charge in [-0.25, -0.2) is 4.98 Å². The molecule has 5 heteroatoms. The van der Waals surface area contributed by atoms with Gasteiger partial charge in [0.1, 0.15) is 11.5 Å². The molecule has 3 rings (SSSR count). The molecule has 0 radical (unpaired) electrons. The van der Waals surface area contributed by atoms with Crippen LogP contribution in [-0.4, -0.2) is 15.8 Å². The van der Waals surface area contributed by atoms with Gasteiger partial charge in [0.15, 0.2) is 5.76 Å². The van der Waals surface area contributed by atoms with Crippen molar-refractivity contribution in [2.45, 2.75) is 18.4 Å². The predicted octanol–water partition coefficient (Wildman–Crippen LogP) is 4.19. The summed E-state index contributed by atoms with van der Waals surface area (Å²) in [5.74, 6) is 2.66. The molecule has 124 valence electrons. The topological polar surface area (TPSA) is 52.3 Å². The summed E-state index contributed by atoms with van der Waals surface area (Å²) < 4.78 is 23.7. The fraction of sp³-hybridized carbons (Fsp3) is 0.211. The van der Waals surface area contributed by atoms with E-state index in [0.717, 1.165) is 16.9 Å². The van der Waals surface area contributed by atoms with Crippen molar-refractivity contribution < 1.29 is 13.4 Å². The van der Waals surface area contributed by atoms with Gasteiger partial charge in [0.25, 0.3) is 0 Å². The lowest BCUT2D eigenvalue weighted by atomic mass is 10.2. The molecule has 0 bridgehead atoms. The fourth-order valence-electron chi connectivity index (χ4n) is 2.39. The Morgan fingerprint density at radius 2 is 1.79 bits per heavy atom. The summed E-state index contributed by atoms with van der Waals surface area (Å²) in [6.45, 7) is 2.52. The van der Waals surface area contributed by atoms with Gasteiger partial charge in [-0.3, -0.25) is 4.21 Å². The number of aromatic nitrogens is 1. The van der Waals surface area contributed by atoms with Crippen LogP contribution in [0.25, 0.3) is 11.3 Å². The smallest absolute Gasteiger partial charge is 0.207 e. The van der Waals surface area contributed by atoms with Gasteiger partial charge in [-0.15, -0.1) is 0 Å². The molecule has 4 nitrogen and oxygen atoms in total. The van der Waals surface area contributed by atoms with Crippen LogP contribution >= 0.6 is 0 Å². The predicted molar refractivity (Wildman–Crippen MR) is 95.1 cm³/mol. The largest absolute Gasteiger partial charge is 0.494 e. The van der Waals surface area contributed by atoms with Gasteiger partial charge in [0.2, 0.25) is 5.89 Å². The number of nitrogens with zero attached hydrogens (tertiary/aromatic N) is 1. The molecule has 1 unspecified atom stereocenters. The molecule has 0 aliphatic rings. The third kappa shape index (κ3) is 4.11. The van der Waals surface area contributed by atoms with E-state index in [0.29, 0.717) is 24.0 Å². The van der Waals surface area contributed by atoms with Crippen LogP contribution in [0.1, 0.15) is 18.4 Å². The number of rotatable bonds is 7. The van der Waals surface area contributed by atoms with Crippen LogP contribution in [-0.2, 0) is 22.3 Å². The Bertz CT molecular complexity index is 814. The second-order valence-electron chi connectivity index (χ2n) is 5.25. The lowest BCUT2D eigenvalue weighted by Crippen LogP contribution is -2.02. The van der Waals surface area contributed by atoms with Crippen LogP contribution in [0.15, 0.2) is 65.2 Å². The maximum Gasteiger partial charge on any atom is 0.207 e. The first-order valence-electron chi connectivity index (χ1n) is 7.82. The van der Waals surface area contributed by atoms with Gasteiger partial charge in [0.05, 0.1) is 18.6 Å². The SMILES string of the molecule is CCOc1ccccc1CS(=O)Cc1ncc(-c2ccccc2)o1. The molecule has 2 aromatic carbocycles. The Morgan fingerprint density at radius 3 is 2.58 bits per heavy atom. The van der Waals surface area contributed by atoms with Gasteiger partial charge in [-0.05, 0) is 13.0 Å². The Balaban J connectivity index is 1.67. The molecule has 0 aliphatic heterocycles. The summed E-state index contributed by atoms with van der Waals surface area (Å²) in [4.78, 5) is 4.24. The van der Waals surface area contributed by atoms with Crippen molar-refractivity contribution in [2.75, 3.05) is 6.61 Å². The molecule has 24 heavy (non-hydrogen) atoms. The number of hydrogen-bond donors (Lipinski definition) is 0. The first-order chi connectivity index (χ1) is 11.8. The molecule has 1 heterocycles. The minimum atomic E-state index is -1.12. The number of ether oxygens (including phenoxy) is 1. The second-order valence-corrected chi connectivity index (χ2v) is 6.71. The molecule has 1 aromatic heterocycles. The lowest BCUT2D eigenvalue weighted by molar-refractivity contribution is 0.337. The van der Waals surface area contributed by atoms with Crippen LogP contribution in [0.5, 0.6) is 5.75 Å². The van der Waals surface area contributed by atoms with E-state index in [1.807, 2.05) is 61.5 Å². The van der Waals surface area contributed by atoms with E-state index >= 15 is 0 Å². The maximum atomic E-state index is 12.4. The Kier molecular flexibility index (Phi) is 5.43. The molecule has 0 N–H and O–H groups in total. The van der Waals surface area contributed by atoms with E-state index in [9.17, 15) is 4.21 Å². The van der Waals surface area contributed by atoms with Gasteiger partial charge >= 0.3 is 0 Å².